The predicted molar refractivity (Wildman–Crippen MR) is 203 cm³/mol. The molecule has 6 aromatic rings. The molecule has 0 amide bonds. The lowest BCUT2D eigenvalue weighted by molar-refractivity contribution is 0.256. The smallest absolute Gasteiger partial charge is 0.250 e. The molecule has 0 saturated heterocycles. The first-order chi connectivity index (χ1) is 24.0. The quantitative estimate of drug-likeness (QED) is 0.120. The van der Waals surface area contributed by atoms with Crippen molar-refractivity contribution in [2.24, 2.45) is 0 Å². The topological polar surface area (TPSA) is 67.1 Å². The summed E-state index contributed by atoms with van der Waals surface area (Å²) in [4.78, 5) is 14.7. The third-order valence-corrected chi connectivity index (χ3v) is 13.5. The molecule has 0 aliphatic carbocycles. The van der Waals surface area contributed by atoms with E-state index in [0.29, 0.717) is 59.4 Å². The SMILES string of the molecule is Cc1cc(OCc2ccccc2)c2c(=O)c(O[Si](C)(C)C(C)(C)C)c(-c3ccc(OCc4ccccc4)c(OCc4ccccc4)c3)oc2c1. The Morgan fingerprint density at radius 1 is 0.620 bits per heavy atom. The van der Waals surface area contributed by atoms with E-state index in [1.807, 2.05) is 128 Å². The molecule has 0 unspecified atom stereocenters. The van der Waals surface area contributed by atoms with Crippen molar-refractivity contribution in [2.45, 2.75) is 65.6 Å². The van der Waals surface area contributed by atoms with Gasteiger partial charge < -0.3 is 23.1 Å². The van der Waals surface area contributed by atoms with Crippen molar-refractivity contribution in [2.75, 3.05) is 0 Å². The van der Waals surface area contributed by atoms with Gasteiger partial charge in [-0.05, 0) is 77.6 Å². The summed E-state index contributed by atoms with van der Waals surface area (Å²) >= 11 is 0. The number of ether oxygens (including phenoxy) is 3. The molecule has 0 spiro atoms. The second-order valence-corrected chi connectivity index (χ2v) is 18.8. The predicted octanol–water partition coefficient (Wildman–Crippen LogP) is 10.9. The first kappa shape index (κ1) is 34.6. The van der Waals surface area contributed by atoms with Gasteiger partial charge in [0.1, 0.15) is 36.5 Å². The molecule has 0 bridgehead atoms. The minimum Gasteiger partial charge on any atom is -0.538 e. The minimum absolute atomic E-state index is 0.171. The number of hydrogen-bond donors (Lipinski definition) is 0. The van der Waals surface area contributed by atoms with Gasteiger partial charge in [-0.15, -0.1) is 0 Å². The van der Waals surface area contributed by atoms with Crippen LogP contribution in [0.2, 0.25) is 18.1 Å². The summed E-state index contributed by atoms with van der Waals surface area (Å²) < 4.78 is 32.5. The summed E-state index contributed by atoms with van der Waals surface area (Å²) in [6, 6.07) is 39.2. The molecule has 1 aromatic heterocycles. The second-order valence-electron chi connectivity index (χ2n) is 14.1. The van der Waals surface area contributed by atoms with Gasteiger partial charge in [0.15, 0.2) is 23.0 Å². The molecular formula is C43H44O6Si. The summed E-state index contributed by atoms with van der Waals surface area (Å²) in [5.74, 6) is 2.08. The van der Waals surface area contributed by atoms with E-state index < -0.39 is 8.32 Å². The van der Waals surface area contributed by atoms with Gasteiger partial charge >= 0.3 is 0 Å². The van der Waals surface area contributed by atoms with Gasteiger partial charge in [-0.2, -0.15) is 0 Å². The number of hydrogen-bond acceptors (Lipinski definition) is 6. The Bertz CT molecular complexity index is 2120. The van der Waals surface area contributed by atoms with Crippen LogP contribution in [0.3, 0.4) is 0 Å². The van der Waals surface area contributed by atoms with Crippen molar-refractivity contribution in [3.05, 3.63) is 154 Å². The fourth-order valence-corrected chi connectivity index (χ4v) is 6.29. The van der Waals surface area contributed by atoms with Crippen molar-refractivity contribution < 1.29 is 23.1 Å². The van der Waals surface area contributed by atoms with E-state index in [4.69, 9.17) is 23.1 Å². The molecule has 6 rings (SSSR count). The summed E-state index contributed by atoms with van der Waals surface area (Å²) in [6.45, 7) is 13.7. The molecule has 6 nitrogen and oxygen atoms in total. The normalized spacial score (nSPS) is 11.7. The zero-order chi connectivity index (χ0) is 35.3. The minimum atomic E-state index is -2.52. The van der Waals surface area contributed by atoms with Gasteiger partial charge in [-0.1, -0.05) is 112 Å². The van der Waals surface area contributed by atoms with E-state index >= 15 is 0 Å². The van der Waals surface area contributed by atoms with Crippen LogP contribution in [-0.2, 0) is 19.8 Å². The largest absolute Gasteiger partial charge is 0.538 e. The lowest BCUT2D eigenvalue weighted by atomic mass is 10.1. The Morgan fingerprint density at radius 3 is 1.64 bits per heavy atom. The maximum Gasteiger partial charge on any atom is 0.250 e. The Balaban J connectivity index is 1.47. The molecule has 0 aliphatic rings. The highest BCUT2D eigenvalue weighted by Gasteiger charge is 2.41. The molecule has 0 aliphatic heterocycles. The number of fused-ring (bicyclic) bond motifs is 1. The standard InChI is InChI=1S/C43H44O6Si/c1-30-24-37(47-29-33-20-14-9-15-21-33)39-38(25-30)48-41(42(40(39)44)49-50(5,6)43(2,3)4)34-22-23-35(45-27-31-16-10-7-11-17-31)36(26-34)46-28-32-18-12-8-13-19-32/h7-26H,27-29H2,1-6H3. The van der Waals surface area contributed by atoms with Gasteiger partial charge in [0.25, 0.3) is 8.32 Å². The molecule has 50 heavy (non-hydrogen) atoms. The number of rotatable bonds is 12. The maximum atomic E-state index is 14.7. The van der Waals surface area contributed by atoms with Gasteiger partial charge in [0.2, 0.25) is 5.43 Å². The van der Waals surface area contributed by atoms with Crippen molar-refractivity contribution >= 4 is 19.3 Å². The number of benzene rings is 5. The summed E-state index contributed by atoms with van der Waals surface area (Å²) in [5.41, 5.74) is 4.75. The molecule has 0 saturated carbocycles. The molecule has 256 valence electrons. The second kappa shape index (κ2) is 14.7. The van der Waals surface area contributed by atoms with E-state index in [1.54, 1.807) is 0 Å². The molecule has 0 atom stereocenters. The zero-order valence-corrected chi connectivity index (χ0v) is 30.6. The third-order valence-electron chi connectivity index (χ3n) is 9.14. The Morgan fingerprint density at radius 2 is 1.12 bits per heavy atom. The van der Waals surface area contributed by atoms with Gasteiger partial charge in [-0.3, -0.25) is 4.79 Å². The fraction of sp³-hybridized carbons (Fsp3) is 0.233. The zero-order valence-electron chi connectivity index (χ0n) is 29.6. The Labute approximate surface area is 295 Å². The molecule has 0 fully saturated rings. The first-order valence-electron chi connectivity index (χ1n) is 16.9. The van der Waals surface area contributed by atoms with E-state index in [9.17, 15) is 4.79 Å². The first-order valence-corrected chi connectivity index (χ1v) is 19.8. The van der Waals surface area contributed by atoms with Gasteiger partial charge in [0.05, 0.1) is 0 Å². The Hall–Kier alpha value is -5.27. The summed E-state index contributed by atoms with van der Waals surface area (Å²) in [5, 5.41) is 0.178. The van der Waals surface area contributed by atoms with Crippen LogP contribution >= 0.6 is 0 Å². The summed E-state index contributed by atoms with van der Waals surface area (Å²) in [7, 11) is -2.52. The summed E-state index contributed by atoms with van der Waals surface area (Å²) in [6.07, 6.45) is 0. The highest BCUT2D eigenvalue weighted by molar-refractivity contribution is 6.74. The van der Waals surface area contributed by atoms with Crippen LogP contribution in [-0.4, -0.2) is 8.32 Å². The lowest BCUT2D eigenvalue weighted by Crippen LogP contribution is -2.45. The van der Waals surface area contributed by atoms with Gasteiger partial charge in [-0.25, -0.2) is 0 Å². The van der Waals surface area contributed by atoms with Crippen molar-refractivity contribution in [3.63, 3.8) is 0 Å². The monoisotopic (exact) mass is 684 g/mol. The van der Waals surface area contributed by atoms with Gasteiger partial charge in [0, 0.05) is 5.56 Å². The molecular weight excluding hydrogens is 641 g/mol. The van der Waals surface area contributed by atoms with Crippen LogP contribution in [0.4, 0.5) is 0 Å². The maximum absolute atomic E-state index is 14.7. The molecule has 1 heterocycles. The van der Waals surface area contributed by atoms with Crippen LogP contribution in [0.25, 0.3) is 22.3 Å². The molecule has 0 radical (unpaired) electrons. The van der Waals surface area contributed by atoms with Crippen molar-refractivity contribution in [3.8, 4) is 34.3 Å². The van der Waals surface area contributed by atoms with Crippen LogP contribution in [0, 0.1) is 6.92 Å². The lowest BCUT2D eigenvalue weighted by Gasteiger charge is -2.36. The fourth-order valence-electron chi connectivity index (χ4n) is 5.29. The van der Waals surface area contributed by atoms with Crippen molar-refractivity contribution in [1.82, 2.24) is 0 Å². The average molecular weight is 685 g/mol. The third kappa shape index (κ3) is 7.95. The van der Waals surface area contributed by atoms with E-state index in [0.717, 1.165) is 22.3 Å². The van der Waals surface area contributed by atoms with E-state index in [1.165, 1.54) is 0 Å². The van der Waals surface area contributed by atoms with Crippen LogP contribution in [0.15, 0.2) is 131 Å². The highest BCUT2D eigenvalue weighted by Crippen LogP contribution is 2.43. The molecule has 5 aromatic carbocycles. The Kier molecular flexibility index (Phi) is 10.2. The highest BCUT2D eigenvalue weighted by atomic mass is 28.4. The average Bonchev–Trinajstić information content (AvgIpc) is 3.10. The van der Waals surface area contributed by atoms with Crippen molar-refractivity contribution in [1.29, 1.82) is 0 Å². The van der Waals surface area contributed by atoms with Crippen LogP contribution in [0.1, 0.15) is 43.0 Å². The molecule has 0 N–H and O–H groups in total. The number of aryl methyl sites for hydroxylation is 1. The van der Waals surface area contributed by atoms with E-state index in [-0.39, 0.29) is 16.2 Å². The molecule has 7 heteroatoms. The van der Waals surface area contributed by atoms with Crippen LogP contribution in [0.5, 0.6) is 23.0 Å². The van der Waals surface area contributed by atoms with Crippen LogP contribution < -0.4 is 24.1 Å². The van der Waals surface area contributed by atoms with E-state index in [2.05, 4.69) is 33.9 Å².